The van der Waals surface area contributed by atoms with Crippen LogP contribution in [-0.4, -0.2) is 49.3 Å². The predicted octanol–water partition coefficient (Wildman–Crippen LogP) is 2.12. The monoisotopic (exact) mass is 499 g/mol. The van der Waals surface area contributed by atoms with Crippen molar-refractivity contribution in [2.24, 2.45) is 5.92 Å². The van der Waals surface area contributed by atoms with Crippen molar-refractivity contribution >= 4 is 11.9 Å². The van der Waals surface area contributed by atoms with Crippen LogP contribution in [0.15, 0.2) is 86.0 Å². The second kappa shape index (κ2) is 16.7. The van der Waals surface area contributed by atoms with Crippen molar-refractivity contribution in [3.63, 3.8) is 0 Å². The Bertz CT molecular complexity index is 903. The number of ether oxygens (including phenoxy) is 2. The van der Waals surface area contributed by atoms with E-state index in [4.69, 9.17) is 9.47 Å². The summed E-state index contributed by atoms with van der Waals surface area (Å²) in [6.07, 6.45) is 4.86. The van der Waals surface area contributed by atoms with Gasteiger partial charge in [0, 0.05) is 30.1 Å². The summed E-state index contributed by atoms with van der Waals surface area (Å²) in [7, 11) is 0. The Hall–Kier alpha value is -2.89. The second-order valence-corrected chi connectivity index (χ2v) is 8.65. The lowest BCUT2D eigenvalue weighted by Crippen LogP contribution is -3.00. The summed E-state index contributed by atoms with van der Waals surface area (Å²) in [6.45, 7) is 13.6. The Morgan fingerprint density at radius 2 is 1.43 bits per heavy atom. The Morgan fingerprint density at radius 1 is 0.886 bits per heavy atom. The molecule has 0 amide bonds. The molecule has 2 aromatic carbocycles. The van der Waals surface area contributed by atoms with Crippen LogP contribution >= 0.6 is 0 Å². The lowest BCUT2D eigenvalue weighted by molar-refractivity contribution is -0.942. The highest BCUT2D eigenvalue weighted by Gasteiger charge is 2.30. The molecular formula is C29H38ClNO4. The molecule has 0 aliphatic rings. The summed E-state index contributed by atoms with van der Waals surface area (Å²) >= 11 is 0. The number of hydrogen-bond acceptors (Lipinski definition) is 4. The first kappa shape index (κ1) is 30.1. The Kier molecular flexibility index (Phi) is 14.4. The van der Waals surface area contributed by atoms with Crippen LogP contribution in [-0.2, 0) is 32.0 Å². The summed E-state index contributed by atoms with van der Waals surface area (Å²) in [5.41, 5.74) is 2.56. The van der Waals surface area contributed by atoms with Gasteiger partial charge in [0.25, 0.3) is 0 Å². The maximum Gasteiger partial charge on any atom is 0.330 e. The van der Waals surface area contributed by atoms with Crippen LogP contribution in [0.5, 0.6) is 0 Å². The van der Waals surface area contributed by atoms with E-state index in [1.807, 2.05) is 12.1 Å². The van der Waals surface area contributed by atoms with Gasteiger partial charge in [-0.2, -0.15) is 0 Å². The molecule has 0 bridgehead atoms. The predicted molar refractivity (Wildman–Crippen MR) is 136 cm³/mol. The van der Waals surface area contributed by atoms with Crippen molar-refractivity contribution < 1.29 is 36.0 Å². The first-order valence-electron chi connectivity index (χ1n) is 12.0. The van der Waals surface area contributed by atoms with Gasteiger partial charge in [-0.15, -0.1) is 0 Å². The topological polar surface area (TPSA) is 52.6 Å². The zero-order valence-electron chi connectivity index (χ0n) is 20.7. The molecule has 2 atom stereocenters. The number of halogens is 1. The van der Waals surface area contributed by atoms with E-state index in [9.17, 15) is 9.59 Å². The molecular weight excluding hydrogens is 462 g/mol. The molecule has 0 saturated heterocycles. The minimum atomic E-state index is -0.386. The highest BCUT2D eigenvalue weighted by Crippen LogP contribution is 2.23. The quantitative estimate of drug-likeness (QED) is 0.154. The van der Waals surface area contributed by atoms with Crippen LogP contribution in [0.25, 0.3) is 0 Å². The average Bonchev–Trinajstić information content (AvgIpc) is 2.87. The third-order valence-electron chi connectivity index (χ3n) is 6.17. The zero-order valence-corrected chi connectivity index (χ0v) is 21.5. The molecule has 0 spiro atoms. The van der Waals surface area contributed by atoms with Gasteiger partial charge in [-0.3, -0.25) is 0 Å². The fourth-order valence-corrected chi connectivity index (χ4v) is 4.37. The van der Waals surface area contributed by atoms with E-state index >= 15 is 0 Å². The van der Waals surface area contributed by atoms with Gasteiger partial charge in [0.2, 0.25) is 0 Å². The SMILES string of the molecule is C=CC(=O)OCCC[N+](CC)(Cc1ccccc1)CC(CCOC(=O)C=C)Cc1ccccc1.[Cl-]. The first-order chi connectivity index (χ1) is 16.5. The number of quaternary nitrogens is 1. The number of nitrogens with zero attached hydrogens (tertiary/aromatic N) is 1. The fourth-order valence-electron chi connectivity index (χ4n) is 4.37. The number of hydrogen-bond donors (Lipinski definition) is 0. The second-order valence-electron chi connectivity index (χ2n) is 8.65. The molecule has 0 aliphatic carbocycles. The molecule has 35 heavy (non-hydrogen) atoms. The lowest BCUT2D eigenvalue weighted by Gasteiger charge is -2.41. The smallest absolute Gasteiger partial charge is 0.330 e. The van der Waals surface area contributed by atoms with Crippen molar-refractivity contribution in [3.05, 3.63) is 97.1 Å². The fraction of sp³-hybridized carbons (Fsp3) is 0.379. The highest BCUT2D eigenvalue weighted by molar-refractivity contribution is 5.81. The molecule has 0 aliphatic heterocycles. The van der Waals surface area contributed by atoms with Crippen molar-refractivity contribution in [1.29, 1.82) is 0 Å². The van der Waals surface area contributed by atoms with E-state index in [0.717, 1.165) is 49.9 Å². The molecule has 0 N–H and O–H groups in total. The molecule has 2 unspecified atom stereocenters. The minimum Gasteiger partial charge on any atom is -1.00 e. The number of carbonyl (C=O) groups excluding carboxylic acids is 2. The zero-order chi connectivity index (χ0) is 24.7. The molecule has 2 rings (SSSR count). The van der Waals surface area contributed by atoms with Crippen LogP contribution in [0.3, 0.4) is 0 Å². The summed E-state index contributed by atoms with van der Waals surface area (Å²) in [6, 6.07) is 20.9. The molecule has 2 aromatic rings. The van der Waals surface area contributed by atoms with Gasteiger partial charge < -0.3 is 26.4 Å². The summed E-state index contributed by atoms with van der Waals surface area (Å²) < 4.78 is 11.4. The third-order valence-corrected chi connectivity index (χ3v) is 6.17. The Morgan fingerprint density at radius 3 is 1.97 bits per heavy atom. The van der Waals surface area contributed by atoms with Gasteiger partial charge in [0.15, 0.2) is 0 Å². The molecule has 0 heterocycles. The number of rotatable bonds is 16. The largest absolute Gasteiger partial charge is 1.00 e. The molecule has 5 nitrogen and oxygen atoms in total. The Balaban J connectivity index is 0.00000612. The molecule has 0 fully saturated rings. The average molecular weight is 500 g/mol. The number of esters is 2. The summed E-state index contributed by atoms with van der Waals surface area (Å²) in [5, 5.41) is 0. The molecule has 190 valence electrons. The summed E-state index contributed by atoms with van der Waals surface area (Å²) in [5.74, 6) is -0.453. The normalized spacial score (nSPS) is 12.9. The van der Waals surface area contributed by atoms with Crippen molar-refractivity contribution in [2.45, 2.75) is 32.7 Å². The number of carbonyl (C=O) groups is 2. The van der Waals surface area contributed by atoms with Gasteiger partial charge in [0.1, 0.15) is 6.54 Å². The van der Waals surface area contributed by atoms with Crippen LogP contribution in [0, 0.1) is 5.92 Å². The van der Waals surface area contributed by atoms with Crippen molar-refractivity contribution in [1.82, 2.24) is 0 Å². The molecule has 0 aromatic heterocycles. The lowest BCUT2D eigenvalue weighted by atomic mass is 9.94. The maximum absolute atomic E-state index is 11.6. The van der Waals surface area contributed by atoms with E-state index in [1.165, 1.54) is 23.3 Å². The van der Waals surface area contributed by atoms with Crippen LogP contribution in [0.4, 0.5) is 0 Å². The van der Waals surface area contributed by atoms with E-state index < -0.39 is 0 Å². The molecule has 6 heteroatoms. The van der Waals surface area contributed by atoms with Gasteiger partial charge in [-0.05, 0) is 25.3 Å². The van der Waals surface area contributed by atoms with Crippen LogP contribution in [0.2, 0.25) is 0 Å². The summed E-state index contributed by atoms with van der Waals surface area (Å²) in [4.78, 5) is 23.1. The highest BCUT2D eigenvalue weighted by atomic mass is 35.5. The van der Waals surface area contributed by atoms with Gasteiger partial charge >= 0.3 is 11.9 Å². The minimum absolute atomic E-state index is 0. The third kappa shape index (κ3) is 11.4. The van der Waals surface area contributed by atoms with Crippen molar-refractivity contribution in [2.75, 3.05) is 32.8 Å². The van der Waals surface area contributed by atoms with Gasteiger partial charge in [0.05, 0.1) is 32.8 Å². The van der Waals surface area contributed by atoms with Crippen LogP contribution in [0.1, 0.15) is 30.9 Å². The standard InChI is InChI=1S/C29H38NO4.ClH/c1-4-28(31)33-20-13-19-30(6-3,23-26-16-11-8-12-17-26)24-27(18-21-34-29(32)5-2)22-25-14-9-7-10-15-25;/h4-5,7-12,14-17,27H,1-2,6,13,18-24H2,3H3;1H/q+1;/p-1. The van der Waals surface area contributed by atoms with Gasteiger partial charge in [-0.25, -0.2) is 9.59 Å². The van der Waals surface area contributed by atoms with Crippen molar-refractivity contribution in [3.8, 4) is 0 Å². The Labute approximate surface area is 216 Å². The van der Waals surface area contributed by atoms with E-state index in [2.05, 4.69) is 68.6 Å². The van der Waals surface area contributed by atoms with E-state index in [1.54, 1.807) is 0 Å². The molecule has 0 saturated carbocycles. The van der Waals surface area contributed by atoms with Gasteiger partial charge in [-0.1, -0.05) is 73.8 Å². The number of benzene rings is 2. The first-order valence-corrected chi connectivity index (χ1v) is 12.0. The molecule has 0 radical (unpaired) electrons. The van der Waals surface area contributed by atoms with E-state index in [0.29, 0.717) is 19.1 Å². The van der Waals surface area contributed by atoms with Crippen LogP contribution < -0.4 is 12.4 Å². The van der Waals surface area contributed by atoms with E-state index in [-0.39, 0.29) is 24.3 Å². The maximum atomic E-state index is 11.6.